The lowest BCUT2D eigenvalue weighted by Crippen LogP contribution is -2.39. The van der Waals surface area contributed by atoms with Gasteiger partial charge in [0, 0.05) is 31.7 Å². The molecule has 1 aromatic rings. The second-order valence-electron chi connectivity index (χ2n) is 5.38. The molecule has 0 saturated carbocycles. The number of aryl methyl sites for hydroxylation is 1. The number of amides is 1. The van der Waals surface area contributed by atoms with Crippen molar-refractivity contribution >= 4 is 5.91 Å². The van der Waals surface area contributed by atoms with Gasteiger partial charge in [0.15, 0.2) is 0 Å². The number of hydrogen-bond donors (Lipinski definition) is 0. The van der Waals surface area contributed by atoms with Gasteiger partial charge < -0.3 is 9.32 Å². The first kappa shape index (κ1) is 12.5. The molecule has 0 bridgehead atoms. The van der Waals surface area contributed by atoms with Gasteiger partial charge in [0.2, 0.25) is 0 Å². The quantitative estimate of drug-likeness (QED) is 0.781. The van der Waals surface area contributed by atoms with Crippen molar-refractivity contribution in [1.82, 2.24) is 9.80 Å². The summed E-state index contributed by atoms with van der Waals surface area (Å²) >= 11 is 0. The lowest BCUT2D eigenvalue weighted by Gasteiger charge is -2.24. The average Bonchev–Trinajstić information content (AvgIpc) is 3.06. The zero-order valence-corrected chi connectivity index (χ0v) is 11.3. The Morgan fingerprint density at radius 2 is 2.26 bits per heavy atom. The summed E-state index contributed by atoms with van der Waals surface area (Å²) in [5.74, 6) is 0.841. The molecule has 4 heteroatoms. The Labute approximate surface area is 113 Å². The molecule has 2 aliphatic rings. The highest BCUT2D eigenvalue weighted by Crippen LogP contribution is 2.32. The van der Waals surface area contributed by atoms with Gasteiger partial charge in [-0.15, -0.1) is 6.58 Å². The van der Waals surface area contributed by atoms with Crippen LogP contribution in [0.2, 0.25) is 0 Å². The molecule has 4 nitrogen and oxygen atoms in total. The monoisotopic (exact) mass is 260 g/mol. The topological polar surface area (TPSA) is 36.7 Å². The van der Waals surface area contributed by atoms with Crippen LogP contribution in [0.15, 0.2) is 29.4 Å². The zero-order valence-electron chi connectivity index (χ0n) is 11.3. The minimum atomic E-state index is 0.124. The zero-order chi connectivity index (χ0) is 13.4. The third-order valence-electron chi connectivity index (χ3n) is 4.41. The van der Waals surface area contributed by atoms with Crippen LogP contribution in [-0.4, -0.2) is 47.4 Å². The molecular formula is C15H20N2O2. The molecule has 2 aliphatic heterocycles. The average molecular weight is 260 g/mol. The third-order valence-corrected chi connectivity index (χ3v) is 4.41. The SMILES string of the molecule is C=CCN1CC[C@@H]2[C@@H]1CCN2C(=O)c1ccoc1C. The molecule has 102 valence electrons. The molecule has 3 heterocycles. The summed E-state index contributed by atoms with van der Waals surface area (Å²) in [6.45, 7) is 8.50. The molecule has 2 fully saturated rings. The van der Waals surface area contributed by atoms with Gasteiger partial charge in [0.05, 0.1) is 11.8 Å². The van der Waals surface area contributed by atoms with Crippen LogP contribution in [-0.2, 0) is 0 Å². The highest BCUT2D eigenvalue weighted by molar-refractivity contribution is 5.95. The van der Waals surface area contributed by atoms with E-state index in [0.717, 1.165) is 38.2 Å². The lowest BCUT2D eigenvalue weighted by molar-refractivity contribution is 0.0731. The molecule has 0 aromatic carbocycles. The van der Waals surface area contributed by atoms with E-state index in [2.05, 4.69) is 11.5 Å². The van der Waals surface area contributed by atoms with Gasteiger partial charge in [-0.3, -0.25) is 9.69 Å². The van der Waals surface area contributed by atoms with E-state index in [1.807, 2.05) is 17.9 Å². The smallest absolute Gasteiger partial charge is 0.257 e. The van der Waals surface area contributed by atoms with E-state index in [1.165, 1.54) is 0 Å². The van der Waals surface area contributed by atoms with Gasteiger partial charge in [-0.1, -0.05) is 6.08 Å². The minimum Gasteiger partial charge on any atom is -0.469 e. The van der Waals surface area contributed by atoms with E-state index in [9.17, 15) is 4.79 Å². The summed E-state index contributed by atoms with van der Waals surface area (Å²) in [7, 11) is 0. The van der Waals surface area contributed by atoms with Crippen molar-refractivity contribution < 1.29 is 9.21 Å². The van der Waals surface area contributed by atoms with E-state index in [-0.39, 0.29) is 5.91 Å². The van der Waals surface area contributed by atoms with Crippen LogP contribution in [0.3, 0.4) is 0 Å². The third kappa shape index (κ3) is 2.00. The van der Waals surface area contributed by atoms with Gasteiger partial charge in [-0.2, -0.15) is 0 Å². The van der Waals surface area contributed by atoms with E-state index in [1.54, 1.807) is 12.3 Å². The molecule has 2 atom stereocenters. The van der Waals surface area contributed by atoms with Crippen LogP contribution in [0.4, 0.5) is 0 Å². The van der Waals surface area contributed by atoms with Crippen molar-refractivity contribution in [3.05, 3.63) is 36.3 Å². The number of furan rings is 1. The maximum atomic E-state index is 12.6. The minimum absolute atomic E-state index is 0.124. The molecular weight excluding hydrogens is 240 g/mol. The second kappa shape index (κ2) is 4.85. The molecule has 19 heavy (non-hydrogen) atoms. The fraction of sp³-hybridized carbons (Fsp3) is 0.533. The first-order chi connectivity index (χ1) is 9.22. The van der Waals surface area contributed by atoms with Crippen LogP contribution in [0.25, 0.3) is 0 Å². The molecule has 0 unspecified atom stereocenters. The Hall–Kier alpha value is -1.55. The highest BCUT2D eigenvalue weighted by Gasteiger charge is 2.44. The molecule has 0 N–H and O–H groups in total. The molecule has 2 saturated heterocycles. The van der Waals surface area contributed by atoms with E-state index >= 15 is 0 Å². The van der Waals surface area contributed by atoms with Gasteiger partial charge in [0.25, 0.3) is 5.91 Å². The number of carbonyl (C=O) groups excluding carboxylic acids is 1. The number of likely N-dealkylation sites (tertiary alicyclic amines) is 2. The van der Waals surface area contributed by atoms with Crippen molar-refractivity contribution in [3.63, 3.8) is 0 Å². The van der Waals surface area contributed by atoms with Crippen LogP contribution >= 0.6 is 0 Å². The van der Waals surface area contributed by atoms with E-state index in [4.69, 9.17) is 4.42 Å². The standard InChI is InChI=1S/C15H20N2O2/c1-3-7-16-8-4-14-13(16)5-9-17(14)15(18)12-6-10-19-11(12)2/h3,6,10,13-14H,1,4-5,7-9H2,2H3/t13-,14+/m0/s1. The molecule has 0 aliphatic carbocycles. The predicted octanol–water partition coefficient (Wildman–Crippen LogP) is 2.06. The normalized spacial score (nSPS) is 26.7. The fourth-order valence-electron chi connectivity index (χ4n) is 3.48. The summed E-state index contributed by atoms with van der Waals surface area (Å²) in [6, 6.07) is 2.65. The largest absolute Gasteiger partial charge is 0.469 e. The Bertz CT molecular complexity index is 494. The number of fused-ring (bicyclic) bond motifs is 1. The Kier molecular flexibility index (Phi) is 3.19. The predicted molar refractivity (Wildman–Crippen MR) is 73.1 cm³/mol. The van der Waals surface area contributed by atoms with Crippen LogP contribution in [0.5, 0.6) is 0 Å². The number of rotatable bonds is 3. The fourth-order valence-corrected chi connectivity index (χ4v) is 3.48. The van der Waals surface area contributed by atoms with Gasteiger partial charge in [-0.05, 0) is 25.8 Å². The molecule has 0 spiro atoms. The maximum Gasteiger partial charge on any atom is 0.257 e. The molecule has 1 aromatic heterocycles. The maximum absolute atomic E-state index is 12.6. The van der Waals surface area contributed by atoms with Crippen molar-refractivity contribution in [2.24, 2.45) is 0 Å². The highest BCUT2D eigenvalue weighted by atomic mass is 16.3. The first-order valence-electron chi connectivity index (χ1n) is 6.92. The number of carbonyl (C=O) groups is 1. The number of nitrogens with zero attached hydrogens (tertiary/aromatic N) is 2. The second-order valence-corrected chi connectivity index (χ2v) is 5.38. The van der Waals surface area contributed by atoms with Crippen molar-refractivity contribution in [2.45, 2.75) is 31.8 Å². The Morgan fingerprint density at radius 3 is 2.95 bits per heavy atom. The Balaban J connectivity index is 1.76. The van der Waals surface area contributed by atoms with Crippen LogP contribution < -0.4 is 0 Å². The summed E-state index contributed by atoms with van der Waals surface area (Å²) in [5, 5.41) is 0. The summed E-state index contributed by atoms with van der Waals surface area (Å²) in [6.07, 6.45) is 5.68. The van der Waals surface area contributed by atoms with Crippen molar-refractivity contribution in [2.75, 3.05) is 19.6 Å². The summed E-state index contributed by atoms with van der Waals surface area (Å²) in [5.41, 5.74) is 0.711. The summed E-state index contributed by atoms with van der Waals surface area (Å²) in [4.78, 5) is 17.0. The van der Waals surface area contributed by atoms with Crippen molar-refractivity contribution in [3.8, 4) is 0 Å². The lowest BCUT2D eigenvalue weighted by atomic mass is 10.1. The van der Waals surface area contributed by atoms with E-state index in [0.29, 0.717) is 17.6 Å². The van der Waals surface area contributed by atoms with Gasteiger partial charge >= 0.3 is 0 Å². The van der Waals surface area contributed by atoms with Crippen molar-refractivity contribution in [1.29, 1.82) is 0 Å². The summed E-state index contributed by atoms with van der Waals surface area (Å²) < 4.78 is 5.25. The number of hydrogen-bond acceptors (Lipinski definition) is 3. The van der Waals surface area contributed by atoms with Gasteiger partial charge in [0.1, 0.15) is 5.76 Å². The molecule has 0 radical (unpaired) electrons. The molecule has 1 amide bonds. The Morgan fingerprint density at radius 1 is 1.47 bits per heavy atom. The van der Waals surface area contributed by atoms with Crippen LogP contribution in [0.1, 0.15) is 29.0 Å². The molecule has 3 rings (SSSR count). The van der Waals surface area contributed by atoms with Gasteiger partial charge in [-0.25, -0.2) is 0 Å². The first-order valence-corrected chi connectivity index (χ1v) is 6.92. The van der Waals surface area contributed by atoms with E-state index < -0.39 is 0 Å². The van der Waals surface area contributed by atoms with Crippen LogP contribution in [0, 0.1) is 6.92 Å².